The second-order valence-corrected chi connectivity index (χ2v) is 3.25. The molecule has 0 heterocycles. The minimum atomic E-state index is 0.192. The lowest BCUT2D eigenvalue weighted by Crippen LogP contribution is -2.18. The third kappa shape index (κ3) is 3.06. The van der Waals surface area contributed by atoms with Gasteiger partial charge in [0.05, 0.1) is 12.6 Å². The number of benzene rings is 1. The van der Waals surface area contributed by atoms with Crippen LogP contribution >= 0.6 is 11.6 Å². The van der Waals surface area contributed by atoms with E-state index < -0.39 is 0 Å². The second kappa shape index (κ2) is 4.86. The van der Waals surface area contributed by atoms with Crippen molar-refractivity contribution >= 4 is 11.6 Å². The summed E-state index contributed by atoms with van der Waals surface area (Å²) in [5.74, 6) is 0. The molecule has 1 aromatic carbocycles. The molecule has 0 aliphatic heterocycles. The van der Waals surface area contributed by atoms with Crippen LogP contribution in [0.5, 0.6) is 0 Å². The first-order valence-electron chi connectivity index (χ1n) is 4.10. The molecule has 0 amide bonds. The van der Waals surface area contributed by atoms with E-state index in [4.69, 9.17) is 16.9 Å². The summed E-state index contributed by atoms with van der Waals surface area (Å²) in [5, 5.41) is 12.2. The largest absolute Gasteiger partial charge is 0.298 e. The van der Waals surface area contributed by atoms with Gasteiger partial charge < -0.3 is 0 Å². The van der Waals surface area contributed by atoms with Gasteiger partial charge in [-0.1, -0.05) is 23.7 Å². The Morgan fingerprint density at radius 2 is 2.08 bits per heavy atom. The highest BCUT2D eigenvalue weighted by Crippen LogP contribution is 2.15. The maximum absolute atomic E-state index is 8.37. The third-order valence-electron chi connectivity index (χ3n) is 1.86. The number of hydrogen-bond donors (Lipinski definition) is 1. The Morgan fingerprint density at radius 3 is 2.62 bits per heavy atom. The molecule has 1 unspecified atom stereocenters. The fourth-order valence-corrected chi connectivity index (χ4v) is 1.19. The first-order chi connectivity index (χ1) is 6.24. The summed E-state index contributed by atoms with van der Waals surface area (Å²) in [4.78, 5) is 0. The second-order valence-electron chi connectivity index (χ2n) is 2.81. The van der Waals surface area contributed by atoms with Crippen molar-refractivity contribution < 1.29 is 0 Å². The molecule has 1 N–H and O–H groups in total. The van der Waals surface area contributed by atoms with E-state index in [2.05, 4.69) is 5.32 Å². The molecule has 0 fully saturated rings. The Balaban J connectivity index is 2.62. The summed E-state index contributed by atoms with van der Waals surface area (Å²) < 4.78 is 0. The molecular weight excluding hydrogens is 184 g/mol. The molecule has 1 atom stereocenters. The number of nitriles is 1. The minimum absolute atomic E-state index is 0.192. The fraction of sp³-hybridized carbons (Fsp3) is 0.300. The van der Waals surface area contributed by atoms with Crippen molar-refractivity contribution in [3.63, 3.8) is 0 Å². The molecular formula is C10H11ClN2. The molecule has 3 heteroatoms. The monoisotopic (exact) mass is 194 g/mol. The molecule has 0 aliphatic carbocycles. The SMILES string of the molecule is CC(NCC#N)c1ccc(Cl)cc1. The van der Waals surface area contributed by atoms with E-state index in [-0.39, 0.29) is 6.04 Å². The van der Waals surface area contributed by atoms with Crippen molar-refractivity contribution in [2.75, 3.05) is 6.54 Å². The standard InChI is InChI=1S/C10H11ClN2/c1-8(13-7-6-12)9-2-4-10(11)5-3-9/h2-5,8,13H,7H2,1H3. The summed E-state index contributed by atoms with van der Waals surface area (Å²) in [5.41, 5.74) is 1.14. The Morgan fingerprint density at radius 1 is 1.46 bits per heavy atom. The van der Waals surface area contributed by atoms with Gasteiger partial charge in [0, 0.05) is 11.1 Å². The van der Waals surface area contributed by atoms with E-state index in [1.165, 1.54) is 0 Å². The highest BCUT2D eigenvalue weighted by atomic mass is 35.5. The lowest BCUT2D eigenvalue weighted by atomic mass is 10.1. The Labute approximate surface area is 83.1 Å². The number of hydrogen-bond acceptors (Lipinski definition) is 2. The van der Waals surface area contributed by atoms with Crippen LogP contribution in [0.15, 0.2) is 24.3 Å². The molecule has 1 aromatic rings. The van der Waals surface area contributed by atoms with Crippen LogP contribution in [0.3, 0.4) is 0 Å². The van der Waals surface area contributed by atoms with E-state index in [0.717, 1.165) is 10.6 Å². The minimum Gasteiger partial charge on any atom is -0.298 e. The van der Waals surface area contributed by atoms with Crippen LogP contribution in [0.25, 0.3) is 0 Å². The molecule has 1 rings (SSSR count). The lowest BCUT2D eigenvalue weighted by Gasteiger charge is -2.11. The summed E-state index contributed by atoms with van der Waals surface area (Å²) in [6.45, 7) is 2.38. The smallest absolute Gasteiger partial charge is 0.0845 e. The molecule has 0 aliphatic rings. The fourth-order valence-electron chi connectivity index (χ4n) is 1.07. The summed E-state index contributed by atoms with van der Waals surface area (Å²) >= 11 is 5.75. The van der Waals surface area contributed by atoms with Gasteiger partial charge in [-0.2, -0.15) is 5.26 Å². The van der Waals surface area contributed by atoms with Gasteiger partial charge in [0.15, 0.2) is 0 Å². The van der Waals surface area contributed by atoms with Crippen LogP contribution < -0.4 is 5.32 Å². The van der Waals surface area contributed by atoms with Gasteiger partial charge in [0.2, 0.25) is 0 Å². The van der Waals surface area contributed by atoms with Gasteiger partial charge in [-0.15, -0.1) is 0 Å². The normalized spacial score (nSPS) is 12.1. The van der Waals surface area contributed by atoms with Crippen LogP contribution in [0.2, 0.25) is 5.02 Å². The number of nitrogens with one attached hydrogen (secondary N) is 1. The van der Waals surface area contributed by atoms with Gasteiger partial charge in [-0.3, -0.25) is 5.32 Å². The number of nitrogens with zero attached hydrogens (tertiary/aromatic N) is 1. The molecule has 0 aromatic heterocycles. The van der Waals surface area contributed by atoms with Crippen molar-refractivity contribution in [3.8, 4) is 6.07 Å². The van der Waals surface area contributed by atoms with Crippen molar-refractivity contribution in [1.29, 1.82) is 5.26 Å². The zero-order valence-corrected chi connectivity index (χ0v) is 8.17. The van der Waals surface area contributed by atoms with Crippen LogP contribution in [0.4, 0.5) is 0 Å². The van der Waals surface area contributed by atoms with E-state index in [0.29, 0.717) is 6.54 Å². The molecule has 68 valence electrons. The first kappa shape index (κ1) is 10.0. The third-order valence-corrected chi connectivity index (χ3v) is 2.11. The van der Waals surface area contributed by atoms with E-state index in [9.17, 15) is 0 Å². The van der Waals surface area contributed by atoms with Gasteiger partial charge in [0.25, 0.3) is 0 Å². The summed E-state index contributed by atoms with van der Waals surface area (Å²) in [7, 11) is 0. The maximum Gasteiger partial charge on any atom is 0.0845 e. The van der Waals surface area contributed by atoms with Gasteiger partial charge in [-0.05, 0) is 24.6 Å². The van der Waals surface area contributed by atoms with Crippen LogP contribution in [0.1, 0.15) is 18.5 Å². The first-order valence-corrected chi connectivity index (χ1v) is 4.47. The molecule has 13 heavy (non-hydrogen) atoms. The van der Waals surface area contributed by atoms with Gasteiger partial charge in [0.1, 0.15) is 0 Å². The Hall–Kier alpha value is -1.04. The quantitative estimate of drug-likeness (QED) is 0.751. The van der Waals surface area contributed by atoms with Crippen molar-refractivity contribution in [3.05, 3.63) is 34.9 Å². The maximum atomic E-state index is 8.37. The predicted octanol–water partition coefficient (Wildman–Crippen LogP) is 2.51. The molecule has 0 spiro atoms. The van der Waals surface area contributed by atoms with E-state index in [1.807, 2.05) is 37.3 Å². The van der Waals surface area contributed by atoms with E-state index >= 15 is 0 Å². The molecule has 0 bridgehead atoms. The van der Waals surface area contributed by atoms with Gasteiger partial charge >= 0.3 is 0 Å². The summed E-state index contributed by atoms with van der Waals surface area (Å²) in [6, 6.07) is 9.84. The Kier molecular flexibility index (Phi) is 3.75. The van der Waals surface area contributed by atoms with E-state index in [1.54, 1.807) is 0 Å². The van der Waals surface area contributed by atoms with Crippen molar-refractivity contribution in [2.24, 2.45) is 0 Å². The van der Waals surface area contributed by atoms with Gasteiger partial charge in [-0.25, -0.2) is 0 Å². The highest BCUT2D eigenvalue weighted by molar-refractivity contribution is 6.30. The average Bonchev–Trinajstić information content (AvgIpc) is 2.15. The Bertz CT molecular complexity index is 300. The average molecular weight is 195 g/mol. The number of halogens is 1. The lowest BCUT2D eigenvalue weighted by molar-refractivity contribution is 0.621. The van der Waals surface area contributed by atoms with Crippen molar-refractivity contribution in [2.45, 2.75) is 13.0 Å². The molecule has 2 nitrogen and oxygen atoms in total. The zero-order chi connectivity index (χ0) is 9.68. The zero-order valence-electron chi connectivity index (χ0n) is 7.42. The highest BCUT2D eigenvalue weighted by Gasteiger charge is 2.02. The predicted molar refractivity (Wildman–Crippen MR) is 53.5 cm³/mol. The van der Waals surface area contributed by atoms with Crippen LogP contribution in [0, 0.1) is 11.3 Å². The number of rotatable bonds is 3. The van der Waals surface area contributed by atoms with Crippen molar-refractivity contribution in [1.82, 2.24) is 5.32 Å². The summed E-state index contributed by atoms with van der Waals surface area (Å²) in [6.07, 6.45) is 0. The molecule has 0 radical (unpaired) electrons. The molecule has 0 saturated carbocycles. The topological polar surface area (TPSA) is 35.8 Å². The molecule has 0 saturated heterocycles. The van der Waals surface area contributed by atoms with Crippen LogP contribution in [-0.4, -0.2) is 6.54 Å². The van der Waals surface area contributed by atoms with Crippen LogP contribution in [-0.2, 0) is 0 Å².